The summed E-state index contributed by atoms with van der Waals surface area (Å²) in [5.41, 5.74) is 2.90. The third kappa shape index (κ3) is 2.48. The Bertz CT molecular complexity index is 506. The monoisotopic (exact) mass is 260 g/mol. The lowest BCUT2D eigenvalue weighted by molar-refractivity contribution is 0.373. The Labute approximate surface area is 115 Å². The van der Waals surface area contributed by atoms with Crippen LogP contribution in [0.2, 0.25) is 0 Å². The van der Waals surface area contributed by atoms with Gasteiger partial charge >= 0.3 is 0 Å². The first-order chi connectivity index (χ1) is 9.29. The Morgan fingerprint density at radius 2 is 2.16 bits per heavy atom. The maximum atomic E-state index is 12.1. The van der Waals surface area contributed by atoms with Gasteiger partial charge in [-0.25, -0.2) is 0 Å². The van der Waals surface area contributed by atoms with Crippen molar-refractivity contribution in [2.24, 2.45) is 5.92 Å². The third-order valence-electron chi connectivity index (χ3n) is 5.00. The molecule has 0 aromatic carbocycles. The standard InChI is InChI=1S/C16H24N2O/c1-17-14-6-2-4-12(14)10-11-18-15-7-3-5-13(15)8-9-16(18)19/h8-9,12,14,17H,2-7,10-11H2,1H3. The minimum absolute atomic E-state index is 0.194. The molecule has 1 N–H and O–H groups in total. The van der Waals surface area contributed by atoms with Crippen molar-refractivity contribution in [1.29, 1.82) is 0 Å². The van der Waals surface area contributed by atoms with Crippen LogP contribution < -0.4 is 10.9 Å². The first-order valence-electron chi connectivity index (χ1n) is 7.68. The van der Waals surface area contributed by atoms with Gasteiger partial charge in [0, 0.05) is 24.3 Å². The van der Waals surface area contributed by atoms with E-state index in [0.29, 0.717) is 6.04 Å². The summed E-state index contributed by atoms with van der Waals surface area (Å²) in [6.07, 6.45) is 8.53. The lowest BCUT2D eigenvalue weighted by atomic mass is 9.99. The van der Waals surface area contributed by atoms with Crippen molar-refractivity contribution in [2.75, 3.05) is 7.05 Å². The van der Waals surface area contributed by atoms with Crippen LogP contribution in [0.5, 0.6) is 0 Å². The number of aromatic nitrogens is 1. The number of fused-ring (bicyclic) bond motifs is 1. The predicted octanol–water partition coefficient (Wildman–Crippen LogP) is 2.12. The largest absolute Gasteiger partial charge is 0.317 e. The summed E-state index contributed by atoms with van der Waals surface area (Å²) in [6.45, 7) is 0.908. The predicted molar refractivity (Wildman–Crippen MR) is 77.5 cm³/mol. The van der Waals surface area contributed by atoms with E-state index in [4.69, 9.17) is 0 Å². The fourth-order valence-corrected chi connectivity index (χ4v) is 3.94. The van der Waals surface area contributed by atoms with Crippen molar-refractivity contribution in [3.8, 4) is 0 Å². The number of rotatable bonds is 4. The maximum Gasteiger partial charge on any atom is 0.250 e. The van der Waals surface area contributed by atoms with Crippen molar-refractivity contribution >= 4 is 0 Å². The normalized spacial score (nSPS) is 25.7. The molecule has 2 unspecified atom stereocenters. The first-order valence-corrected chi connectivity index (χ1v) is 7.68. The number of hydrogen-bond acceptors (Lipinski definition) is 2. The molecule has 19 heavy (non-hydrogen) atoms. The van der Waals surface area contributed by atoms with Crippen LogP contribution in [-0.2, 0) is 19.4 Å². The van der Waals surface area contributed by atoms with Gasteiger partial charge < -0.3 is 9.88 Å². The Balaban J connectivity index is 1.74. The summed E-state index contributed by atoms with van der Waals surface area (Å²) in [5.74, 6) is 0.745. The van der Waals surface area contributed by atoms with Crippen LogP contribution in [0.3, 0.4) is 0 Å². The van der Waals surface area contributed by atoms with Crippen molar-refractivity contribution < 1.29 is 0 Å². The van der Waals surface area contributed by atoms with Gasteiger partial charge in [0.25, 0.3) is 5.56 Å². The van der Waals surface area contributed by atoms with Gasteiger partial charge in [0.15, 0.2) is 0 Å². The molecule has 1 aromatic heterocycles. The molecule has 0 saturated heterocycles. The SMILES string of the molecule is CNC1CCCC1CCn1c2c(ccc1=O)CCC2. The second-order valence-electron chi connectivity index (χ2n) is 6.02. The van der Waals surface area contributed by atoms with E-state index in [9.17, 15) is 4.79 Å². The molecule has 104 valence electrons. The summed E-state index contributed by atoms with van der Waals surface area (Å²) < 4.78 is 2.05. The van der Waals surface area contributed by atoms with Gasteiger partial charge in [0.1, 0.15) is 0 Å². The molecule has 2 aliphatic rings. The van der Waals surface area contributed by atoms with E-state index in [-0.39, 0.29) is 5.56 Å². The van der Waals surface area contributed by atoms with Crippen LogP contribution in [-0.4, -0.2) is 17.7 Å². The second kappa shape index (κ2) is 5.49. The zero-order chi connectivity index (χ0) is 13.2. The molecule has 0 bridgehead atoms. The van der Waals surface area contributed by atoms with E-state index in [1.165, 1.54) is 36.9 Å². The molecule has 0 aliphatic heterocycles. The highest BCUT2D eigenvalue weighted by Gasteiger charge is 2.26. The average molecular weight is 260 g/mol. The number of pyridine rings is 1. The van der Waals surface area contributed by atoms with Crippen molar-refractivity contribution in [2.45, 2.75) is 57.5 Å². The average Bonchev–Trinajstić information content (AvgIpc) is 3.05. The van der Waals surface area contributed by atoms with E-state index in [1.54, 1.807) is 6.07 Å². The highest BCUT2D eigenvalue weighted by molar-refractivity contribution is 5.25. The highest BCUT2D eigenvalue weighted by Crippen LogP contribution is 2.29. The van der Waals surface area contributed by atoms with Gasteiger partial charge in [0.05, 0.1) is 0 Å². The van der Waals surface area contributed by atoms with E-state index in [1.807, 2.05) is 10.6 Å². The molecule has 0 spiro atoms. The summed E-state index contributed by atoms with van der Waals surface area (Å²) >= 11 is 0. The number of nitrogens with zero attached hydrogens (tertiary/aromatic N) is 1. The number of nitrogens with one attached hydrogen (secondary N) is 1. The second-order valence-corrected chi connectivity index (χ2v) is 6.02. The minimum atomic E-state index is 0.194. The summed E-state index contributed by atoms with van der Waals surface area (Å²) in [5, 5.41) is 3.43. The fraction of sp³-hybridized carbons (Fsp3) is 0.688. The molecule has 1 aromatic rings. The van der Waals surface area contributed by atoms with Crippen molar-refractivity contribution in [1.82, 2.24) is 9.88 Å². The van der Waals surface area contributed by atoms with Crippen molar-refractivity contribution in [3.05, 3.63) is 33.7 Å². The summed E-state index contributed by atoms with van der Waals surface area (Å²) in [6, 6.07) is 4.45. The molecule has 3 nitrogen and oxygen atoms in total. The van der Waals surface area contributed by atoms with Crippen LogP contribution >= 0.6 is 0 Å². The van der Waals surface area contributed by atoms with Crippen LogP contribution in [0.1, 0.15) is 43.4 Å². The van der Waals surface area contributed by atoms with Gasteiger partial charge in [-0.3, -0.25) is 4.79 Å². The third-order valence-corrected chi connectivity index (χ3v) is 5.00. The number of aryl methyl sites for hydroxylation is 1. The molecule has 3 heteroatoms. The summed E-state index contributed by atoms with van der Waals surface area (Å²) in [7, 11) is 2.06. The molecule has 0 radical (unpaired) electrons. The van der Waals surface area contributed by atoms with E-state index >= 15 is 0 Å². The molecule has 1 fully saturated rings. The molecular formula is C16H24N2O. The van der Waals surface area contributed by atoms with Gasteiger partial charge in [-0.05, 0) is 57.1 Å². The quantitative estimate of drug-likeness (QED) is 0.899. The first kappa shape index (κ1) is 12.9. The molecule has 2 aliphatic carbocycles. The molecule has 2 atom stereocenters. The highest BCUT2D eigenvalue weighted by atomic mass is 16.1. The van der Waals surface area contributed by atoms with Crippen LogP contribution in [0.15, 0.2) is 16.9 Å². The van der Waals surface area contributed by atoms with Gasteiger partial charge in [-0.1, -0.05) is 12.5 Å². The van der Waals surface area contributed by atoms with Gasteiger partial charge in [-0.15, -0.1) is 0 Å². The van der Waals surface area contributed by atoms with Crippen LogP contribution in [0.4, 0.5) is 0 Å². The molecule has 1 saturated carbocycles. The lowest BCUT2D eigenvalue weighted by Gasteiger charge is -2.20. The smallest absolute Gasteiger partial charge is 0.250 e. The molecule has 0 amide bonds. The van der Waals surface area contributed by atoms with Gasteiger partial charge in [0.2, 0.25) is 0 Å². The minimum Gasteiger partial charge on any atom is -0.317 e. The van der Waals surface area contributed by atoms with Gasteiger partial charge in [-0.2, -0.15) is 0 Å². The van der Waals surface area contributed by atoms with E-state index < -0.39 is 0 Å². The summed E-state index contributed by atoms with van der Waals surface area (Å²) in [4.78, 5) is 12.1. The lowest BCUT2D eigenvalue weighted by Crippen LogP contribution is -2.31. The fourth-order valence-electron chi connectivity index (χ4n) is 3.94. The topological polar surface area (TPSA) is 34.0 Å². The zero-order valence-corrected chi connectivity index (χ0v) is 11.8. The Morgan fingerprint density at radius 1 is 1.26 bits per heavy atom. The number of hydrogen-bond donors (Lipinski definition) is 1. The van der Waals surface area contributed by atoms with E-state index in [2.05, 4.69) is 12.4 Å². The molecule has 1 heterocycles. The van der Waals surface area contributed by atoms with Crippen molar-refractivity contribution in [3.63, 3.8) is 0 Å². The molecular weight excluding hydrogens is 236 g/mol. The maximum absolute atomic E-state index is 12.1. The Morgan fingerprint density at radius 3 is 3.00 bits per heavy atom. The zero-order valence-electron chi connectivity index (χ0n) is 11.8. The van der Waals surface area contributed by atoms with Crippen LogP contribution in [0, 0.1) is 5.92 Å². The molecule has 3 rings (SSSR count). The Hall–Kier alpha value is -1.09. The van der Waals surface area contributed by atoms with E-state index in [0.717, 1.165) is 31.7 Å². The Kier molecular flexibility index (Phi) is 3.74. The van der Waals surface area contributed by atoms with Crippen LogP contribution in [0.25, 0.3) is 0 Å².